The molecule has 1 saturated heterocycles. The summed E-state index contributed by atoms with van der Waals surface area (Å²) in [4.78, 5) is 24.3. The summed E-state index contributed by atoms with van der Waals surface area (Å²) in [7, 11) is 0. The van der Waals surface area contributed by atoms with Gasteiger partial charge in [-0.15, -0.1) is 0 Å². The standard InChI is InChI=1S/C49H46N4O4/c1-34-46(32-53(30-35-11-4-2-5-12-35)31-36-13-6-3-7-14-36)56-49(57-47(34)40-21-19-37(33-54)20-22-40)41-25-23-39(24-26-41)42-16-10-15-38(27-42)28-51-48(55)45-29-50-43-17-8-9-18-44(43)52-45/h2-27,29,34,46-47,49,54H,28,30-33H2,1H3,(H,51,55)/t34-,46+,47+,49+/m0/s1. The summed E-state index contributed by atoms with van der Waals surface area (Å²) in [6, 6.07) is 53.3. The summed E-state index contributed by atoms with van der Waals surface area (Å²) >= 11 is 0. The third-order valence-corrected chi connectivity index (χ3v) is 10.6. The van der Waals surface area contributed by atoms with Crippen molar-refractivity contribution in [1.82, 2.24) is 20.2 Å². The van der Waals surface area contributed by atoms with E-state index in [1.165, 1.54) is 17.3 Å². The molecule has 1 aliphatic heterocycles. The summed E-state index contributed by atoms with van der Waals surface area (Å²) in [5, 5.41) is 12.7. The van der Waals surface area contributed by atoms with Crippen molar-refractivity contribution in [2.24, 2.45) is 5.92 Å². The number of fused-ring (bicyclic) bond motifs is 1. The molecule has 8 rings (SSSR count). The molecule has 0 radical (unpaired) electrons. The molecule has 286 valence electrons. The van der Waals surface area contributed by atoms with Crippen LogP contribution < -0.4 is 5.32 Å². The molecule has 57 heavy (non-hydrogen) atoms. The van der Waals surface area contributed by atoms with E-state index < -0.39 is 6.29 Å². The Hall–Kier alpha value is -6.03. The SMILES string of the molecule is C[C@H]1[C@@H](CN(Cc2ccccc2)Cc2ccccc2)O[C@@H](c2ccc(-c3cccc(CNC(=O)c4cnc5ccccc5n4)c3)cc2)O[C@H]1c1ccc(CO)cc1. The number of carbonyl (C=O) groups is 1. The molecule has 0 bridgehead atoms. The fourth-order valence-corrected chi connectivity index (χ4v) is 7.48. The van der Waals surface area contributed by atoms with E-state index in [2.05, 4.69) is 136 Å². The Kier molecular flexibility index (Phi) is 11.8. The quantitative estimate of drug-likeness (QED) is 0.121. The maximum Gasteiger partial charge on any atom is 0.271 e. The summed E-state index contributed by atoms with van der Waals surface area (Å²) < 4.78 is 13.7. The van der Waals surface area contributed by atoms with E-state index in [9.17, 15) is 9.90 Å². The summed E-state index contributed by atoms with van der Waals surface area (Å²) in [6.07, 6.45) is 0.575. The molecule has 1 aliphatic rings. The van der Waals surface area contributed by atoms with Gasteiger partial charge in [-0.25, -0.2) is 4.98 Å². The Morgan fingerprint density at radius 1 is 0.667 bits per heavy atom. The molecule has 7 aromatic rings. The molecule has 0 spiro atoms. The van der Waals surface area contributed by atoms with Crippen molar-refractivity contribution < 1.29 is 19.4 Å². The summed E-state index contributed by atoms with van der Waals surface area (Å²) in [6.45, 7) is 4.85. The van der Waals surface area contributed by atoms with Crippen molar-refractivity contribution in [2.45, 2.75) is 51.7 Å². The number of rotatable bonds is 13. The van der Waals surface area contributed by atoms with Crippen LogP contribution >= 0.6 is 0 Å². The Bertz CT molecular complexity index is 2350. The van der Waals surface area contributed by atoms with Gasteiger partial charge in [-0.05, 0) is 57.1 Å². The zero-order chi connectivity index (χ0) is 39.0. The lowest BCUT2D eigenvalue weighted by Crippen LogP contribution is -2.44. The molecule has 6 aromatic carbocycles. The first-order chi connectivity index (χ1) is 28.0. The monoisotopic (exact) mass is 754 g/mol. The van der Waals surface area contributed by atoms with Crippen LogP contribution in [0.1, 0.15) is 63.2 Å². The fraction of sp³-hybridized carbons (Fsp3) is 0.204. The second-order valence-corrected chi connectivity index (χ2v) is 14.7. The second-order valence-electron chi connectivity index (χ2n) is 14.7. The van der Waals surface area contributed by atoms with Crippen molar-refractivity contribution >= 4 is 16.9 Å². The smallest absolute Gasteiger partial charge is 0.271 e. The average molecular weight is 755 g/mol. The molecule has 0 unspecified atom stereocenters. The molecule has 1 fully saturated rings. The Morgan fingerprint density at radius 2 is 1.30 bits per heavy atom. The van der Waals surface area contributed by atoms with Gasteiger partial charge in [-0.3, -0.25) is 14.7 Å². The van der Waals surface area contributed by atoms with Crippen LogP contribution in [0.2, 0.25) is 0 Å². The number of benzene rings is 6. The van der Waals surface area contributed by atoms with E-state index in [0.29, 0.717) is 18.6 Å². The number of aliphatic hydroxyl groups is 1. The number of hydrogen-bond acceptors (Lipinski definition) is 7. The summed E-state index contributed by atoms with van der Waals surface area (Å²) in [5.74, 6) is -0.222. The number of aromatic nitrogens is 2. The molecule has 2 heterocycles. The van der Waals surface area contributed by atoms with Gasteiger partial charge in [0.2, 0.25) is 0 Å². The maximum absolute atomic E-state index is 13.0. The van der Waals surface area contributed by atoms with Crippen LogP contribution in [0, 0.1) is 5.92 Å². The fourth-order valence-electron chi connectivity index (χ4n) is 7.48. The lowest BCUT2D eigenvalue weighted by molar-refractivity contribution is -0.276. The van der Waals surface area contributed by atoms with E-state index in [4.69, 9.17) is 9.47 Å². The number of para-hydroxylation sites is 2. The molecule has 2 N–H and O–H groups in total. The Balaban J connectivity index is 1.00. The van der Waals surface area contributed by atoms with Crippen molar-refractivity contribution in [1.29, 1.82) is 0 Å². The number of nitrogens with zero attached hydrogens (tertiary/aromatic N) is 3. The van der Waals surface area contributed by atoms with Gasteiger partial charge >= 0.3 is 0 Å². The van der Waals surface area contributed by atoms with Gasteiger partial charge in [0.1, 0.15) is 5.69 Å². The molecular weight excluding hydrogens is 709 g/mol. The highest BCUT2D eigenvalue weighted by atomic mass is 16.7. The molecule has 1 amide bonds. The molecule has 1 aromatic heterocycles. The average Bonchev–Trinajstić information content (AvgIpc) is 3.27. The zero-order valence-corrected chi connectivity index (χ0v) is 31.9. The number of ether oxygens (including phenoxy) is 2. The van der Waals surface area contributed by atoms with Crippen LogP contribution in [0.5, 0.6) is 0 Å². The van der Waals surface area contributed by atoms with E-state index in [1.54, 1.807) is 0 Å². The minimum atomic E-state index is -0.585. The highest BCUT2D eigenvalue weighted by molar-refractivity contribution is 5.93. The van der Waals surface area contributed by atoms with Crippen LogP contribution in [0.3, 0.4) is 0 Å². The Morgan fingerprint density at radius 3 is 1.98 bits per heavy atom. The number of nitrogens with one attached hydrogen (secondary N) is 1. The predicted octanol–water partition coefficient (Wildman–Crippen LogP) is 9.21. The third-order valence-electron chi connectivity index (χ3n) is 10.6. The molecule has 4 atom stereocenters. The van der Waals surface area contributed by atoms with Crippen LogP contribution in [0.4, 0.5) is 0 Å². The number of hydrogen-bond donors (Lipinski definition) is 2. The molecule has 8 nitrogen and oxygen atoms in total. The normalized spacial score (nSPS) is 18.1. The minimum absolute atomic E-state index is 0.00589. The van der Waals surface area contributed by atoms with Gasteiger partial charge in [0.05, 0.1) is 36.0 Å². The first-order valence-corrected chi connectivity index (χ1v) is 19.5. The summed E-state index contributed by atoms with van der Waals surface area (Å²) in [5.41, 5.74) is 10.1. The van der Waals surface area contributed by atoms with Crippen LogP contribution in [-0.4, -0.2) is 38.5 Å². The molecule has 0 saturated carbocycles. The zero-order valence-electron chi connectivity index (χ0n) is 31.9. The first-order valence-electron chi connectivity index (χ1n) is 19.5. The lowest BCUT2D eigenvalue weighted by atomic mass is 9.89. The molecule has 8 heteroatoms. The van der Waals surface area contributed by atoms with E-state index in [0.717, 1.165) is 52.0 Å². The highest BCUT2D eigenvalue weighted by Crippen LogP contribution is 2.42. The van der Waals surface area contributed by atoms with Gasteiger partial charge in [0.15, 0.2) is 6.29 Å². The minimum Gasteiger partial charge on any atom is -0.392 e. The number of aliphatic hydroxyl groups excluding tert-OH is 1. The predicted molar refractivity (Wildman–Crippen MR) is 223 cm³/mol. The maximum atomic E-state index is 13.0. The van der Waals surface area contributed by atoms with Gasteiger partial charge in [-0.2, -0.15) is 0 Å². The number of amides is 1. The van der Waals surface area contributed by atoms with Crippen molar-refractivity contribution in [3.8, 4) is 11.1 Å². The van der Waals surface area contributed by atoms with Gasteiger partial charge in [0, 0.05) is 37.7 Å². The van der Waals surface area contributed by atoms with Crippen LogP contribution in [0.25, 0.3) is 22.2 Å². The van der Waals surface area contributed by atoms with E-state index >= 15 is 0 Å². The largest absolute Gasteiger partial charge is 0.392 e. The van der Waals surface area contributed by atoms with Crippen LogP contribution in [0.15, 0.2) is 164 Å². The van der Waals surface area contributed by atoms with E-state index in [-0.39, 0.29) is 36.3 Å². The third kappa shape index (κ3) is 9.34. The first kappa shape index (κ1) is 37.9. The Labute approximate surface area is 333 Å². The van der Waals surface area contributed by atoms with Crippen molar-refractivity contribution in [2.75, 3.05) is 6.54 Å². The topological polar surface area (TPSA) is 96.8 Å². The molecule has 0 aliphatic carbocycles. The van der Waals surface area contributed by atoms with Gasteiger partial charge in [-0.1, -0.05) is 146 Å². The number of carbonyl (C=O) groups excluding carboxylic acids is 1. The van der Waals surface area contributed by atoms with E-state index in [1.807, 2.05) is 48.5 Å². The van der Waals surface area contributed by atoms with Crippen molar-refractivity contribution in [3.05, 3.63) is 203 Å². The molecular formula is C49H46N4O4. The van der Waals surface area contributed by atoms with Crippen molar-refractivity contribution in [3.63, 3.8) is 0 Å². The second kappa shape index (κ2) is 17.8. The lowest BCUT2D eigenvalue weighted by Gasteiger charge is -2.43. The van der Waals surface area contributed by atoms with Gasteiger partial charge in [0.25, 0.3) is 5.91 Å². The highest BCUT2D eigenvalue weighted by Gasteiger charge is 2.39. The van der Waals surface area contributed by atoms with Gasteiger partial charge < -0.3 is 19.9 Å². The van der Waals surface area contributed by atoms with Crippen LogP contribution in [-0.2, 0) is 35.7 Å².